The quantitative estimate of drug-likeness (QED) is 0.609. The van der Waals surface area contributed by atoms with Crippen molar-refractivity contribution < 1.29 is 5.11 Å². The Morgan fingerprint density at radius 2 is 2.11 bits per heavy atom. The van der Waals surface area contributed by atoms with Crippen molar-refractivity contribution in [2.24, 2.45) is 0 Å². The van der Waals surface area contributed by atoms with Gasteiger partial charge in [-0.15, -0.1) is 11.6 Å². The minimum Gasteiger partial charge on any atom is -0.392 e. The van der Waals surface area contributed by atoms with Crippen molar-refractivity contribution in [1.29, 1.82) is 0 Å². The molecule has 1 nitrogen and oxygen atoms in total. The lowest BCUT2D eigenvalue weighted by atomic mass is 10.1. The molecule has 0 saturated carbocycles. The predicted octanol–water partition coefficient (Wildman–Crippen LogP) is 2.16. The van der Waals surface area contributed by atoms with Gasteiger partial charge < -0.3 is 5.11 Å². The summed E-state index contributed by atoms with van der Waals surface area (Å²) in [6, 6.07) is 0. The van der Waals surface area contributed by atoms with Crippen LogP contribution in [0.3, 0.4) is 0 Å². The number of alkyl halides is 1. The molecule has 0 heterocycles. The monoisotopic (exact) mass is 150 g/mol. The predicted molar refractivity (Wildman–Crippen MR) is 40.8 cm³/mol. The second-order valence-corrected chi connectivity index (χ2v) is 3.08. The normalized spacial score (nSPS) is 17.3. The number of halogens is 1. The van der Waals surface area contributed by atoms with Gasteiger partial charge in [-0.1, -0.05) is 19.8 Å². The molecule has 0 aromatic heterocycles. The Bertz CT molecular complexity index is 63.9. The number of hydrogen-bond donors (Lipinski definition) is 1. The molecule has 0 amide bonds. The third kappa shape index (κ3) is 4.73. The fourth-order valence-electron chi connectivity index (χ4n) is 0.643. The molecule has 9 heavy (non-hydrogen) atoms. The summed E-state index contributed by atoms with van der Waals surface area (Å²) >= 11 is 5.61. The van der Waals surface area contributed by atoms with Gasteiger partial charge >= 0.3 is 0 Å². The molecular formula is C7H15ClO. The Hall–Kier alpha value is 0.250. The first-order valence-corrected chi connectivity index (χ1v) is 3.94. The van der Waals surface area contributed by atoms with E-state index in [0.717, 1.165) is 19.3 Å². The van der Waals surface area contributed by atoms with Crippen LogP contribution in [0.1, 0.15) is 33.1 Å². The van der Waals surface area contributed by atoms with Crippen LogP contribution >= 0.6 is 11.6 Å². The molecule has 0 rings (SSSR count). The molecule has 0 aromatic carbocycles. The second kappa shape index (κ2) is 5.07. The molecule has 0 aromatic rings. The van der Waals surface area contributed by atoms with Gasteiger partial charge in [0.15, 0.2) is 0 Å². The van der Waals surface area contributed by atoms with Crippen LogP contribution in [0.25, 0.3) is 0 Å². The molecule has 2 atom stereocenters. The van der Waals surface area contributed by atoms with Crippen LogP contribution in [0.15, 0.2) is 0 Å². The maximum Gasteiger partial charge on any atom is 0.0701 e. The van der Waals surface area contributed by atoms with Crippen LogP contribution in [0.4, 0.5) is 0 Å². The molecule has 0 saturated heterocycles. The van der Waals surface area contributed by atoms with Gasteiger partial charge in [0.05, 0.1) is 11.5 Å². The largest absolute Gasteiger partial charge is 0.392 e. The Morgan fingerprint density at radius 3 is 2.44 bits per heavy atom. The molecule has 2 unspecified atom stereocenters. The molecule has 0 fully saturated rings. The van der Waals surface area contributed by atoms with E-state index in [0.29, 0.717) is 0 Å². The van der Waals surface area contributed by atoms with Crippen molar-refractivity contribution in [2.75, 3.05) is 0 Å². The Kier molecular flexibility index (Phi) is 5.21. The highest BCUT2D eigenvalue weighted by Crippen LogP contribution is 2.08. The number of aliphatic hydroxyl groups excluding tert-OH is 1. The van der Waals surface area contributed by atoms with Crippen LogP contribution in [0.5, 0.6) is 0 Å². The Morgan fingerprint density at radius 1 is 1.56 bits per heavy atom. The first-order chi connectivity index (χ1) is 4.18. The number of rotatable bonds is 4. The fraction of sp³-hybridized carbons (Fsp3) is 1.00. The van der Waals surface area contributed by atoms with Crippen LogP contribution in [0.2, 0.25) is 0 Å². The topological polar surface area (TPSA) is 20.2 Å². The van der Waals surface area contributed by atoms with E-state index in [9.17, 15) is 0 Å². The maximum atomic E-state index is 9.13. The standard InChI is InChI=1S/C7H15ClO/c1-3-4-5-7(9)6(2)8/h6-7,9H,3-5H2,1-2H3. The summed E-state index contributed by atoms with van der Waals surface area (Å²) in [5, 5.41) is 9.03. The zero-order valence-electron chi connectivity index (χ0n) is 6.10. The van der Waals surface area contributed by atoms with Crippen molar-refractivity contribution in [2.45, 2.75) is 44.6 Å². The van der Waals surface area contributed by atoms with Gasteiger partial charge in [-0.25, -0.2) is 0 Å². The summed E-state index contributed by atoms with van der Waals surface area (Å²) in [5.41, 5.74) is 0. The molecule has 0 radical (unpaired) electrons. The van der Waals surface area contributed by atoms with Gasteiger partial charge in [0, 0.05) is 0 Å². The average Bonchev–Trinajstić information content (AvgIpc) is 1.82. The van der Waals surface area contributed by atoms with Gasteiger partial charge in [0.1, 0.15) is 0 Å². The molecule has 56 valence electrons. The third-order valence-corrected chi connectivity index (χ3v) is 1.67. The molecule has 2 heteroatoms. The zero-order chi connectivity index (χ0) is 7.28. The maximum absolute atomic E-state index is 9.13. The van der Waals surface area contributed by atoms with Crippen molar-refractivity contribution in [3.8, 4) is 0 Å². The van der Waals surface area contributed by atoms with Gasteiger partial charge in [-0.2, -0.15) is 0 Å². The third-order valence-electron chi connectivity index (χ3n) is 1.38. The van der Waals surface area contributed by atoms with Crippen molar-refractivity contribution >= 4 is 11.6 Å². The lowest BCUT2D eigenvalue weighted by Gasteiger charge is -2.10. The smallest absolute Gasteiger partial charge is 0.0701 e. The number of hydrogen-bond acceptors (Lipinski definition) is 1. The van der Waals surface area contributed by atoms with E-state index < -0.39 is 0 Å². The summed E-state index contributed by atoms with van der Waals surface area (Å²) in [6.07, 6.45) is 2.71. The molecular weight excluding hydrogens is 136 g/mol. The molecule has 0 spiro atoms. The average molecular weight is 151 g/mol. The highest BCUT2D eigenvalue weighted by atomic mass is 35.5. The highest BCUT2D eigenvalue weighted by molar-refractivity contribution is 6.20. The fourth-order valence-corrected chi connectivity index (χ4v) is 0.769. The van der Waals surface area contributed by atoms with E-state index in [2.05, 4.69) is 6.92 Å². The van der Waals surface area contributed by atoms with Gasteiger partial charge in [0.25, 0.3) is 0 Å². The number of aliphatic hydroxyl groups is 1. The van der Waals surface area contributed by atoms with E-state index in [4.69, 9.17) is 16.7 Å². The zero-order valence-corrected chi connectivity index (χ0v) is 6.86. The Labute approximate surface area is 62.0 Å². The number of unbranched alkanes of at least 4 members (excludes halogenated alkanes) is 1. The minimum absolute atomic E-state index is 0.100. The molecule has 0 aliphatic rings. The van der Waals surface area contributed by atoms with Crippen molar-refractivity contribution in [3.05, 3.63) is 0 Å². The van der Waals surface area contributed by atoms with E-state index >= 15 is 0 Å². The van der Waals surface area contributed by atoms with E-state index in [1.165, 1.54) is 0 Å². The van der Waals surface area contributed by atoms with Crippen LogP contribution < -0.4 is 0 Å². The van der Waals surface area contributed by atoms with Crippen LogP contribution in [-0.2, 0) is 0 Å². The minimum atomic E-state index is -0.313. The SMILES string of the molecule is CCCCC(O)C(C)Cl. The van der Waals surface area contributed by atoms with Crippen molar-refractivity contribution in [3.63, 3.8) is 0 Å². The van der Waals surface area contributed by atoms with Gasteiger partial charge in [-0.05, 0) is 13.3 Å². The second-order valence-electron chi connectivity index (χ2n) is 2.39. The summed E-state index contributed by atoms with van der Waals surface area (Å²) in [4.78, 5) is 0. The Balaban J connectivity index is 3.16. The summed E-state index contributed by atoms with van der Waals surface area (Å²) in [6.45, 7) is 3.92. The summed E-state index contributed by atoms with van der Waals surface area (Å²) < 4.78 is 0. The first-order valence-electron chi connectivity index (χ1n) is 3.50. The highest BCUT2D eigenvalue weighted by Gasteiger charge is 2.08. The van der Waals surface area contributed by atoms with Crippen LogP contribution in [0, 0.1) is 0 Å². The summed E-state index contributed by atoms with van der Waals surface area (Å²) in [5.74, 6) is 0. The molecule has 0 bridgehead atoms. The molecule has 1 N–H and O–H groups in total. The van der Waals surface area contributed by atoms with Crippen LogP contribution in [-0.4, -0.2) is 16.6 Å². The molecule has 0 aliphatic carbocycles. The summed E-state index contributed by atoms with van der Waals surface area (Å²) in [7, 11) is 0. The lowest BCUT2D eigenvalue weighted by Crippen LogP contribution is -2.16. The van der Waals surface area contributed by atoms with Gasteiger partial charge in [0.2, 0.25) is 0 Å². The van der Waals surface area contributed by atoms with Gasteiger partial charge in [-0.3, -0.25) is 0 Å². The van der Waals surface area contributed by atoms with E-state index in [1.807, 2.05) is 6.92 Å². The van der Waals surface area contributed by atoms with Crippen molar-refractivity contribution in [1.82, 2.24) is 0 Å². The molecule has 0 aliphatic heterocycles. The van der Waals surface area contributed by atoms with E-state index in [-0.39, 0.29) is 11.5 Å². The van der Waals surface area contributed by atoms with E-state index in [1.54, 1.807) is 0 Å². The lowest BCUT2D eigenvalue weighted by molar-refractivity contribution is 0.161. The first kappa shape index (κ1) is 9.25.